The summed E-state index contributed by atoms with van der Waals surface area (Å²) in [6.07, 6.45) is 6.95. The Balaban J connectivity index is 1.95. The molecule has 0 saturated heterocycles. The lowest BCUT2D eigenvalue weighted by atomic mass is 10.1. The molecular weight excluding hydrogens is 250 g/mol. The van der Waals surface area contributed by atoms with Crippen molar-refractivity contribution in [3.63, 3.8) is 0 Å². The number of nitrogens with one attached hydrogen (secondary N) is 2. The smallest absolute Gasteiger partial charge is 0.251 e. The van der Waals surface area contributed by atoms with Crippen LogP contribution in [0.1, 0.15) is 54.2 Å². The second kappa shape index (κ2) is 6.89. The molecule has 0 saturated carbocycles. The maximum Gasteiger partial charge on any atom is 0.251 e. The van der Waals surface area contributed by atoms with Crippen molar-refractivity contribution in [1.82, 2.24) is 15.5 Å². The summed E-state index contributed by atoms with van der Waals surface area (Å²) in [5.41, 5.74) is 2.95. The van der Waals surface area contributed by atoms with Gasteiger partial charge in [0.05, 0.1) is 12.2 Å². The highest BCUT2D eigenvalue weighted by Gasteiger charge is 2.11. The van der Waals surface area contributed by atoms with Gasteiger partial charge in [0.15, 0.2) is 0 Å². The van der Waals surface area contributed by atoms with E-state index in [0.29, 0.717) is 5.56 Å². The van der Waals surface area contributed by atoms with Crippen molar-refractivity contribution in [2.24, 2.45) is 0 Å². The first-order valence-electron chi connectivity index (χ1n) is 7.09. The van der Waals surface area contributed by atoms with E-state index in [1.807, 2.05) is 31.2 Å². The maximum atomic E-state index is 12.1. The van der Waals surface area contributed by atoms with Crippen LogP contribution in [-0.4, -0.2) is 16.1 Å². The minimum atomic E-state index is -0.0549. The third-order valence-corrected chi connectivity index (χ3v) is 3.40. The molecule has 1 aromatic heterocycles. The molecule has 1 amide bonds. The number of unbranched alkanes of at least 4 members (excludes halogenated alkanes) is 1. The molecule has 106 valence electrons. The van der Waals surface area contributed by atoms with Crippen LogP contribution in [0.4, 0.5) is 0 Å². The van der Waals surface area contributed by atoms with Crippen LogP contribution >= 0.6 is 0 Å². The molecule has 0 aliphatic rings. The molecule has 1 unspecified atom stereocenters. The van der Waals surface area contributed by atoms with Crippen molar-refractivity contribution in [1.29, 1.82) is 0 Å². The summed E-state index contributed by atoms with van der Waals surface area (Å²) >= 11 is 0. The Kier molecular flexibility index (Phi) is 4.93. The summed E-state index contributed by atoms with van der Waals surface area (Å²) in [7, 11) is 0. The van der Waals surface area contributed by atoms with E-state index < -0.39 is 0 Å². The van der Waals surface area contributed by atoms with Crippen molar-refractivity contribution in [2.45, 2.75) is 39.2 Å². The molecule has 4 nitrogen and oxygen atoms in total. The van der Waals surface area contributed by atoms with Gasteiger partial charge in [-0.15, -0.1) is 0 Å². The summed E-state index contributed by atoms with van der Waals surface area (Å²) in [6.45, 7) is 4.12. The summed E-state index contributed by atoms with van der Waals surface area (Å²) in [5.74, 6) is -0.0549. The number of aromatic amines is 1. The summed E-state index contributed by atoms with van der Waals surface area (Å²) in [5, 5.41) is 9.60. The van der Waals surface area contributed by atoms with Gasteiger partial charge in [-0.1, -0.05) is 25.5 Å². The average Bonchev–Trinajstić information content (AvgIpc) is 3.00. The molecule has 0 fully saturated rings. The van der Waals surface area contributed by atoms with Gasteiger partial charge in [0.2, 0.25) is 0 Å². The zero-order chi connectivity index (χ0) is 14.4. The van der Waals surface area contributed by atoms with E-state index >= 15 is 0 Å². The van der Waals surface area contributed by atoms with E-state index in [0.717, 1.165) is 12.0 Å². The summed E-state index contributed by atoms with van der Waals surface area (Å²) in [6, 6.07) is 7.80. The van der Waals surface area contributed by atoms with Gasteiger partial charge < -0.3 is 5.32 Å². The van der Waals surface area contributed by atoms with E-state index in [1.165, 1.54) is 18.4 Å². The second-order valence-corrected chi connectivity index (χ2v) is 5.03. The number of aryl methyl sites for hydroxylation is 1. The number of aromatic nitrogens is 2. The van der Waals surface area contributed by atoms with Gasteiger partial charge in [-0.3, -0.25) is 9.89 Å². The minimum Gasteiger partial charge on any atom is -0.345 e. The molecular formula is C16H21N3O. The van der Waals surface area contributed by atoms with Gasteiger partial charge in [0, 0.05) is 17.3 Å². The molecule has 0 radical (unpaired) electrons. The zero-order valence-electron chi connectivity index (χ0n) is 12.0. The van der Waals surface area contributed by atoms with Crippen LogP contribution in [0.25, 0.3) is 0 Å². The fourth-order valence-corrected chi connectivity index (χ4v) is 2.06. The third kappa shape index (κ3) is 3.70. The van der Waals surface area contributed by atoms with Crippen LogP contribution in [0.5, 0.6) is 0 Å². The molecule has 0 aliphatic heterocycles. The molecule has 2 aromatic rings. The average molecular weight is 271 g/mol. The SMILES string of the molecule is CCCCc1ccc(C(=O)NC(C)c2cn[nH]c2)cc1. The lowest BCUT2D eigenvalue weighted by molar-refractivity contribution is 0.0940. The van der Waals surface area contributed by atoms with Gasteiger partial charge in [0.25, 0.3) is 5.91 Å². The first-order chi connectivity index (χ1) is 9.70. The maximum absolute atomic E-state index is 12.1. The quantitative estimate of drug-likeness (QED) is 0.847. The first kappa shape index (κ1) is 14.3. The Morgan fingerprint density at radius 1 is 1.35 bits per heavy atom. The van der Waals surface area contributed by atoms with Crippen LogP contribution < -0.4 is 5.32 Å². The highest BCUT2D eigenvalue weighted by atomic mass is 16.1. The molecule has 1 atom stereocenters. The molecule has 2 rings (SSSR count). The van der Waals surface area contributed by atoms with Gasteiger partial charge >= 0.3 is 0 Å². The molecule has 0 spiro atoms. The van der Waals surface area contributed by atoms with E-state index in [-0.39, 0.29) is 11.9 Å². The fourth-order valence-electron chi connectivity index (χ4n) is 2.06. The Hall–Kier alpha value is -2.10. The highest BCUT2D eigenvalue weighted by Crippen LogP contribution is 2.12. The summed E-state index contributed by atoms with van der Waals surface area (Å²) < 4.78 is 0. The number of hydrogen-bond donors (Lipinski definition) is 2. The number of carbonyl (C=O) groups excluding carboxylic acids is 1. The number of amides is 1. The van der Waals surface area contributed by atoms with E-state index in [2.05, 4.69) is 22.4 Å². The number of benzene rings is 1. The van der Waals surface area contributed by atoms with Crippen LogP contribution in [0.15, 0.2) is 36.7 Å². The van der Waals surface area contributed by atoms with Gasteiger partial charge in [-0.2, -0.15) is 5.10 Å². The van der Waals surface area contributed by atoms with Crippen molar-refractivity contribution < 1.29 is 4.79 Å². The monoisotopic (exact) mass is 271 g/mol. The second-order valence-electron chi connectivity index (χ2n) is 5.03. The van der Waals surface area contributed by atoms with E-state index in [1.54, 1.807) is 12.4 Å². The predicted molar refractivity (Wildman–Crippen MR) is 79.5 cm³/mol. The van der Waals surface area contributed by atoms with Gasteiger partial charge in [-0.25, -0.2) is 0 Å². The molecule has 4 heteroatoms. The lowest BCUT2D eigenvalue weighted by Gasteiger charge is -2.12. The largest absolute Gasteiger partial charge is 0.345 e. The van der Waals surface area contributed by atoms with Gasteiger partial charge in [-0.05, 0) is 37.5 Å². The van der Waals surface area contributed by atoms with E-state index in [9.17, 15) is 4.79 Å². The number of carbonyl (C=O) groups is 1. The van der Waals surface area contributed by atoms with Crippen molar-refractivity contribution in [2.75, 3.05) is 0 Å². The van der Waals surface area contributed by atoms with E-state index in [4.69, 9.17) is 0 Å². The van der Waals surface area contributed by atoms with Crippen LogP contribution in [-0.2, 0) is 6.42 Å². The first-order valence-corrected chi connectivity index (χ1v) is 7.09. The van der Waals surface area contributed by atoms with Gasteiger partial charge in [0.1, 0.15) is 0 Å². The molecule has 1 heterocycles. The highest BCUT2D eigenvalue weighted by molar-refractivity contribution is 5.94. The molecule has 20 heavy (non-hydrogen) atoms. The number of hydrogen-bond acceptors (Lipinski definition) is 2. The number of nitrogens with zero attached hydrogens (tertiary/aromatic N) is 1. The Morgan fingerprint density at radius 3 is 2.70 bits per heavy atom. The minimum absolute atomic E-state index is 0.0546. The van der Waals surface area contributed by atoms with Crippen molar-refractivity contribution in [3.05, 3.63) is 53.3 Å². The third-order valence-electron chi connectivity index (χ3n) is 3.40. The lowest BCUT2D eigenvalue weighted by Crippen LogP contribution is -2.26. The predicted octanol–water partition coefficient (Wildman–Crippen LogP) is 3.24. The zero-order valence-corrected chi connectivity index (χ0v) is 12.0. The number of H-pyrrole nitrogens is 1. The summed E-state index contributed by atoms with van der Waals surface area (Å²) in [4.78, 5) is 12.1. The Bertz CT molecular complexity index is 531. The standard InChI is InChI=1S/C16H21N3O/c1-3-4-5-13-6-8-14(9-7-13)16(20)19-12(2)15-10-17-18-11-15/h6-12H,3-5H2,1-2H3,(H,17,18)(H,19,20). The number of rotatable bonds is 6. The van der Waals surface area contributed by atoms with Crippen LogP contribution in [0.2, 0.25) is 0 Å². The topological polar surface area (TPSA) is 57.8 Å². The molecule has 1 aromatic carbocycles. The molecule has 2 N–H and O–H groups in total. The normalized spacial score (nSPS) is 12.1. The Morgan fingerprint density at radius 2 is 2.10 bits per heavy atom. The Labute approximate surface area is 119 Å². The molecule has 0 aliphatic carbocycles. The van der Waals surface area contributed by atoms with Crippen molar-refractivity contribution >= 4 is 5.91 Å². The van der Waals surface area contributed by atoms with Crippen molar-refractivity contribution in [3.8, 4) is 0 Å². The van der Waals surface area contributed by atoms with Crippen LogP contribution in [0.3, 0.4) is 0 Å². The van der Waals surface area contributed by atoms with Crippen LogP contribution in [0, 0.1) is 0 Å². The molecule has 0 bridgehead atoms. The fraction of sp³-hybridized carbons (Fsp3) is 0.375.